The lowest BCUT2D eigenvalue weighted by Gasteiger charge is -2.23. The predicted octanol–water partition coefficient (Wildman–Crippen LogP) is 2.83. The average molecular weight is 286 g/mol. The standard InChI is InChI=1S/C16H18N2O3/c1-18(13-6-4-5-7-15(13)20-2)14-10-11(16(19)21-3)8-9-12(14)17/h4-10H,17H2,1-3H3. The molecule has 0 saturated heterocycles. The van der Waals surface area contributed by atoms with Gasteiger partial charge in [0.2, 0.25) is 0 Å². The monoisotopic (exact) mass is 286 g/mol. The maximum atomic E-state index is 11.7. The Balaban J connectivity index is 2.47. The van der Waals surface area contributed by atoms with Crippen LogP contribution in [0.1, 0.15) is 10.4 Å². The van der Waals surface area contributed by atoms with Gasteiger partial charge in [-0.2, -0.15) is 0 Å². The zero-order chi connectivity index (χ0) is 15.4. The molecule has 0 aromatic heterocycles. The van der Waals surface area contributed by atoms with Crippen LogP contribution >= 0.6 is 0 Å². The second kappa shape index (κ2) is 6.17. The van der Waals surface area contributed by atoms with Crippen molar-refractivity contribution in [3.8, 4) is 5.75 Å². The fourth-order valence-corrected chi connectivity index (χ4v) is 2.12. The van der Waals surface area contributed by atoms with E-state index in [-0.39, 0.29) is 0 Å². The van der Waals surface area contributed by atoms with E-state index in [4.69, 9.17) is 15.2 Å². The van der Waals surface area contributed by atoms with E-state index in [1.807, 2.05) is 36.2 Å². The smallest absolute Gasteiger partial charge is 0.337 e. The summed E-state index contributed by atoms with van der Waals surface area (Å²) in [4.78, 5) is 13.5. The highest BCUT2D eigenvalue weighted by Gasteiger charge is 2.15. The fourth-order valence-electron chi connectivity index (χ4n) is 2.12. The second-order valence-corrected chi connectivity index (χ2v) is 4.50. The molecule has 0 atom stereocenters. The van der Waals surface area contributed by atoms with Crippen molar-refractivity contribution in [3.05, 3.63) is 48.0 Å². The second-order valence-electron chi connectivity index (χ2n) is 4.50. The molecule has 0 unspecified atom stereocenters. The van der Waals surface area contributed by atoms with E-state index < -0.39 is 5.97 Å². The Bertz CT molecular complexity index is 656. The fraction of sp³-hybridized carbons (Fsp3) is 0.188. The quantitative estimate of drug-likeness (QED) is 0.691. The van der Waals surface area contributed by atoms with Gasteiger partial charge in [0.15, 0.2) is 0 Å². The first-order chi connectivity index (χ1) is 10.1. The van der Waals surface area contributed by atoms with Crippen molar-refractivity contribution in [2.24, 2.45) is 0 Å². The molecule has 2 aromatic carbocycles. The molecule has 0 saturated carbocycles. The Labute approximate surface area is 123 Å². The van der Waals surface area contributed by atoms with E-state index in [2.05, 4.69) is 0 Å². The minimum absolute atomic E-state index is 0.398. The molecular weight excluding hydrogens is 268 g/mol. The molecule has 0 aliphatic heterocycles. The topological polar surface area (TPSA) is 64.8 Å². The molecule has 5 nitrogen and oxygen atoms in total. The molecule has 2 N–H and O–H groups in total. The highest BCUT2D eigenvalue weighted by atomic mass is 16.5. The number of nitrogen functional groups attached to an aromatic ring is 1. The first-order valence-electron chi connectivity index (χ1n) is 6.43. The summed E-state index contributed by atoms with van der Waals surface area (Å²) in [6.07, 6.45) is 0. The molecule has 0 amide bonds. The molecule has 2 rings (SSSR count). The third-order valence-electron chi connectivity index (χ3n) is 3.26. The average Bonchev–Trinajstić information content (AvgIpc) is 2.53. The number of benzene rings is 2. The van der Waals surface area contributed by atoms with E-state index in [0.29, 0.717) is 16.9 Å². The Morgan fingerprint density at radius 1 is 1.10 bits per heavy atom. The molecule has 0 radical (unpaired) electrons. The van der Waals surface area contributed by atoms with E-state index in [0.717, 1.165) is 11.4 Å². The maximum Gasteiger partial charge on any atom is 0.337 e. The summed E-state index contributed by atoms with van der Waals surface area (Å²) in [5, 5.41) is 0. The lowest BCUT2D eigenvalue weighted by Crippen LogP contribution is -2.14. The van der Waals surface area contributed by atoms with Gasteiger partial charge in [-0.3, -0.25) is 0 Å². The molecule has 0 heterocycles. The summed E-state index contributed by atoms with van der Waals surface area (Å²) >= 11 is 0. The van der Waals surface area contributed by atoms with Gasteiger partial charge in [-0.15, -0.1) is 0 Å². The summed E-state index contributed by atoms with van der Waals surface area (Å²) in [5.41, 5.74) is 8.61. The molecule has 0 aliphatic rings. The minimum Gasteiger partial charge on any atom is -0.495 e. The highest BCUT2D eigenvalue weighted by molar-refractivity contribution is 5.93. The van der Waals surface area contributed by atoms with Crippen LogP contribution in [0.25, 0.3) is 0 Å². The molecular formula is C16H18N2O3. The number of methoxy groups -OCH3 is 2. The third-order valence-corrected chi connectivity index (χ3v) is 3.26. The summed E-state index contributed by atoms with van der Waals surface area (Å²) in [6.45, 7) is 0. The van der Waals surface area contributed by atoms with Gasteiger partial charge in [0.1, 0.15) is 5.75 Å². The molecule has 0 bridgehead atoms. The Morgan fingerprint density at radius 3 is 2.48 bits per heavy atom. The van der Waals surface area contributed by atoms with Gasteiger partial charge in [-0.25, -0.2) is 4.79 Å². The Hall–Kier alpha value is -2.69. The zero-order valence-corrected chi connectivity index (χ0v) is 12.3. The third kappa shape index (κ3) is 2.91. The van der Waals surface area contributed by atoms with Crippen molar-refractivity contribution in [1.82, 2.24) is 0 Å². The number of para-hydroxylation sites is 2. The minimum atomic E-state index is -0.398. The zero-order valence-electron chi connectivity index (χ0n) is 12.3. The van der Waals surface area contributed by atoms with Crippen molar-refractivity contribution in [1.29, 1.82) is 0 Å². The van der Waals surface area contributed by atoms with Crippen molar-refractivity contribution < 1.29 is 14.3 Å². The van der Waals surface area contributed by atoms with E-state index in [9.17, 15) is 4.79 Å². The maximum absolute atomic E-state index is 11.7. The van der Waals surface area contributed by atoms with Crippen LogP contribution in [0, 0.1) is 0 Å². The van der Waals surface area contributed by atoms with Crippen LogP contribution in [0.4, 0.5) is 17.1 Å². The molecule has 0 spiro atoms. The number of ether oxygens (including phenoxy) is 2. The number of hydrogen-bond donors (Lipinski definition) is 1. The van der Waals surface area contributed by atoms with Gasteiger partial charge in [0.05, 0.1) is 36.8 Å². The predicted molar refractivity (Wildman–Crippen MR) is 83.3 cm³/mol. The number of carbonyl (C=O) groups excluding carboxylic acids is 1. The van der Waals surface area contributed by atoms with Crippen LogP contribution in [-0.2, 0) is 4.74 Å². The van der Waals surface area contributed by atoms with Crippen molar-refractivity contribution in [2.75, 3.05) is 31.9 Å². The van der Waals surface area contributed by atoms with Gasteiger partial charge in [0.25, 0.3) is 0 Å². The van der Waals surface area contributed by atoms with Crippen molar-refractivity contribution in [3.63, 3.8) is 0 Å². The summed E-state index contributed by atoms with van der Waals surface area (Å²) in [7, 11) is 4.83. The van der Waals surface area contributed by atoms with Crippen LogP contribution in [-0.4, -0.2) is 27.2 Å². The number of anilines is 3. The Kier molecular flexibility index (Phi) is 4.33. The molecule has 0 aliphatic carbocycles. The van der Waals surface area contributed by atoms with Crippen LogP contribution in [0.3, 0.4) is 0 Å². The number of carbonyl (C=O) groups is 1. The van der Waals surface area contributed by atoms with Gasteiger partial charge < -0.3 is 20.1 Å². The van der Waals surface area contributed by atoms with Crippen LogP contribution in [0.5, 0.6) is 5.75 Å². The first-order valence-corrected chi connectivity index (χ1v) is 6.43. The van der Waals surface area contributed by atoms with Crippen LogP contribution < -0.4 is 15.4 Å². The van der Waals surface area contributed by atoms with Crippen molar-refractivity contribution in [2.45, 2.75) is 0 Å². The van der Waals surface area contributed by atoms with Gasteiger partial charge in [0, 0.05) is 7.05 Å². The highest BCUT2D eigenvalue weighted by Crippen LogP contribution is 2.35. The number of esters is 1. The molecule has 5 heteroatoms. The van der Waals surface area contributed by atoms with Gasteiger partial charge in [-0.1, -0.05) is 12.1 Å². The lowest BCUT2D eigenvalue weighted by molar-refractivity contribution is 0.0601. The summed E-state index contributed by atoms with van der Waals surface area (Å²) in [6, 6.07) is 12.6. The molecule has 0 fully saturated rings. The SMILES string of the molecule is COC(=O)c1ccc(N)c(N(C)c2ccccc2OC)c1. The van der Waals surface area contributed by atoms with Gasteiger partial charge >= 0.3 is 5.97 Å². The first kappa shape index (κ1) is 14.7. The van der Waals surface area contributed by atoms with Crippen LogP contribution in [0.15, 0.2) is 42.5 Å². The summed E-state index contributed by atoms with van der Waals surface area (Å²) in [5.74, 6) is 0.326. The normalized spacial score (nSPS) is 10.0. The number of nitrogens with two attached hydrogens (primary N) is 1. The molecule has 21 heavy (non-hydrogen) atoms. The van der Waals surface area contributed by atoms with E-state index >= 15 is 0 Å². The van der Waals surface area contributed by atoms with Crippen LogP contribution in [0.2, 0.25) is 0 Å². The van der Waals surface area contributed by atoms with E-state index in [1.165, 1.54) is 7.11 Å². The lowest BCUT2D eigenvalue weighted by atomic mass is 10.1. The summed E-state index contributed by atoms with van der Waals surface area (Å²) < 4.78 is 10.1. The number of nitrogens with zero attached hydrogens (tertiary/aromatic N) is 1. The number of rotatable bonds is 4. The van der Waals surface area contributed by atoms with Crippen molar-refractivity contribution >= 4 is 23.0 Å². The largest absolute Gasteiger partial charge is 0.495 e. The van der Waals surface area contributed by atoms with E-state index in [1.54, 1.807) is 25.3 Å². The molecule has 110 valence electrons. The molecule has 2 aromatic rings. The Morgan fingerprint density at radius 2 is 1.81 bits per heavy atom. The number of hydrogen-bond acceptors (Lipinski definition) is 5. The van der Waals surface area contributed by atoms with Gasteiger partial charge in [-0.05, 0) is 30.3 Å².